The van der Waals surface area contributed by atoms with E-state index in [9.17, 15) is 19.8 Å². The van der Waals surface area contributed by atoms with Crippen molar-refractivity contribution in [3.05, 3.63) is 130 Å². The molecule has 1 saturated heterocycles. The van der Waals surface area contributed by atoms with E-state index in [1.54, 1.807) is 24.3 Å². The van der Waals surface area contributed by atoms with Gasteiger partial charge in [-0.15, -0.1) is 0 Å². The number of likely N-dealkylation sites (tertiary alicyclic amines) is 1. The van der Waals surface area contributed by atoms with Gasteiger partial charge in [0.05, 0.1) is 17.3 Å². The van der Waals surface area contributed by atoms with Crippen LogP contribution in [0.3, 0.4) is 0 Å². The summed E-state index contributed by atoms with van der Waals surface area (Å²) in [5.41, 5.74) is 5.89. The van der Waals surface area contributed by atoms with Crippen LogP contribution in [0.5, 0.6) is 5.75 Å². The average Bonchev–Trinajstić information content (AvgIpc) is 3.11. The van der Waals surface area contributed by atoms with Crippen molar-refractivity contribution < 1.29 is 20.1 Å². The number of H-pyrrole nitrogens is 1. The van der Waals surface area contributed by atoms with E-state index in [2.05, 4.69) is 44.8 Å². The van der Waals surface area contributed by atoms with Crippen molar-refractivity contribution in [2.75, 3.05) is 38.0 Å². The van der Waals surface area contributed by atoms with Crippen LogP contribution >= 0.6 is 0 Å². The number of pyridine rings is 1. The van der Waals surface area contributed by atoms with E-state index in [1.165, 1.54) is 55.6 Å². The third-order valence-electron chi connectivity index (χ3n) is 8.64. The van der Waals surface area contributed by atoms with Crippen LogP contribution in [0.1, 0.15) is 42.1 Å². The van der Waals surface area contributed by atoms with Gasteiger partial charge in [0.1, 0.15) is 5.75 Å². The van der Waals surface area contributed by atoms with Gasteiger partial charge in [-0.2, -0.15) is 0 Å². The van der Waals surface area contributed by atoms with Crippen molar-refractivity contribution in [1.29, 1.82) is 0 Å². The van der Waals surface area contributed by atoms with E-state index in [0.717, 1.165) is 37.1 Å². The lowest BCUT2D eigenvalue weighted by atomic mass is 10.0. The summed E-state index contributed by atoms with van der Waals surface area (Å²) >= 11 is 0. The smallest absolute Gasteiger partial charge is 0.409 e. The zero-order valence-corrected chi connectivity index (χ0v) is 27.1. The largest absolute Gasteiger partial charge is 0.506 e. The fourth-order valence-electron chi connectivity index (χ4n) is 6.05. The number of hydrogen-bond donors (Lipinski definition) is 6. The molecule has 1 amide bonds. The predicted molar refractivity (Wildman–Crippen MR) is 192 cm³/mol. The first kappa shape index (κ1) is 34.4. The summed E-state index contributed by atoms with van der Waals surface area (Å²) in [7, 11) is 0. The Hall–Kier alpha value is -4.96. The monoisotopic (exact) mass is 648 g/mol. The number of aromatic nitrogens is 1. The van der Waals surface area contributed by atoms with Gasteiger partial charge in [-0.25, -0.2) is 4.79 Å². The van der Waals surface area contributed by atoms with Crippen molar-refractivity contribution in [1.82, 2.24) is 15.2 Å². The molecule has 1 fully saturated rings. The number of rotatable bonds is 11. The van der Waals surface area contributed by atoms with E-state index in [-0.39, 0.29) is 11.3 Å². The molecule has 6 rings (SSSR count). The predicted octanol–water partition coefficient (Wildman–Crippen LogP) is 6.57. The summed E-state index contributed by atoms with van der Waals surface area (Å²) in [5, 5.41) is 35.7. The van der Waals surface area contributed by atoms with Gasteiger partial charge < -0.3 is 30.5 Å². The number of aromatic hydroxyl groups is 1. The first-order valence-corrected chi connectivity index (χ1v) is 16.6. The highest BCUT2D eigenvalue weighted by Gasteiger charge is 2.14. The van der Waals surface area contributed by atoms with Gasteiger partial charge in [-0.3, -0.25) is 10.1 Å². The molecule has 1 aromatic heterocycles. The number of carbonyl (C=O) groups is 1. The number of aromatic amines is 1. The zero-order valence-electron chi connectivity index (χ0n) is 27.1. The van der Waals surface area contributed by atoms with Gasteiger partial charge >= 0.3 is 6.09 Å². The summed E-state index contributed by atoms with van der Waals surface area (Å²) in [6, 6.07) is 32.1. The molecule has 0 spiro atoms. The van der Waals surface area contributed by atoms with Crippen LogP contribution in [0.15, 0.2) is 108 Å². The number of nitrogens with zero attached hydrogens (tertiary/aromatic N) is 1. The van der Waals surface area contributed by atoms with Gasteiger partial charge in [-0.1, -0.05) is 85.3 Å². The second-order valence-electron chi connectivity index (χ2n) is 12.1. The molecular formula is C39H44N4O5. The summed E-state index contributed by atoms with van der Waals surface area (Å²) < 4.78 is 0. The van der Waals surface area contributed by atoms with Gasteiger partial charge in [0.15, 0.2) is 0 Å². The SMILES string of the molecule is O=C(O)Nc1ccccc1-c1ccccc1.O=c1ccc2c([C@@H](O)CNCCc3ccc(CCN4CCCCC4)cc3)ccc(O)c2[nH]1. The summed E-state index contributed by atoms with van der Waals surface area (Å²) in [4.78, 5) is 27.4. The fourth-order valence-corrected chi connectivity index (χ4v) is 6.05. The number of piperidine rings is 1. The molecule has 0 bridgehead atoms. The Balaban J connectivity index is 0.000000236. The van der Waals surface area contributed by atoms with Crippen LogP contribution in [-0.2, 0) is 12.8 Å². The topological polar surface area (TPSA) is 138 Å². The number of benzene rings is 4. The Labute approximate surface area is 280 Å². The van der Waals surface area contributed by atoms with Crippen LogP contribution in [0.2, 0.25) is 0 Å². The second kappa shape index (κ2) is 17.3. The minimum Gasteiger partial charge on any atom is -0.506 e. The highest BCUT2D eigenvalue weighted by atomic mass is 16.4. The lowest BCUT2D eigenvalue weighted by Gasteiger charge is -2.26. The molecule has 48 heavy (non-hydrogen) atoms. The number of amides is 1. The second-order valence-corrected chi connectivity index (χ2v) is 12.1. The van der Waals surface area contributed by atoms with E-state index in [0.29, 0.717) is 28.7 Å². The van der Waals surface area contributed by atoms with Crippen LogP contribution < -0.4 is 16.2 Å². The minimum absolute atomic E-state index is 0.000912. The molecule has 5 aromatic rings. The minimum atomic E-state index is -1.05. The number of aliphatic hydroxyl groups excluding tert-OH is 1. The zero-order chi connectivity index (χ0) is 33.7. The molecule has 1 aliphatic rings. The normalized spacial score (nSPS) is 13.8. The van der Waals surface area contributed by atoms with E-state index in [4.69, 9.17) is 5.11 Å². The molecule has 2 heterocycles. The molecule has 0 aliphatic carbocycles. The maximum atomic E-state index is 11.5. The molecule has 1 aliphatic heterocycles. The van der Waals surface area contributed by atoms with E-state index in [1.807, 2.05) is 42.5 Å². The first-order valence-electron chi connectivity index (χ1n) is 16.6. The standard InChI is InChI=1S/C26H33N3O3.C13H11NO2/c30-23-10-8-21(22-9-11-25(32)28-26(22)23)24(31)18-27-14-12-19-4-6-20(7-5-19)13-17-29-15-2-1-3-16-29;15-13(16)14-12-9-5-4-8-11(12)10-6-2-1-3-7-10/h4-11,24,27,30-31H,1-3,12-18H2,(H,28,32);1-9,14H,(H,15,16)/t24-;/m0./s1. The molecule has 9 heteroatoms. The number of phenolic OH excluding ortho intramolecular Hbond substituents is 1. The van der Waals surface area contributed by atoms with Crippen LogP contribution in [-0.4, -0.2) is 64.0 Å². The first-order chi connectivity index (χ1) is 23.4. The van der Waals surface area contributed by atoms with Gasteiger partial charge in [-0.05, 0) is 85.8 Å². The van der Waals surface area contributed by atoms with Crippen LogP contribution in [0, 0.1) is 0 Å². The Kier molecular flexibility index (Phi) is 12.4. The quantitative estimate of drug-likeness (QED) is 0.0891. The summed E-state index contributed by atoms with van der Waals surface area (Å²) in [6.45, 7) is 4.80. The number of hydrogen-bond acceptors (Lipinski definition) is 6. The van der Waals surface area contributed by atoms with Crippen LogP contribution in [0.4, 0.5) is 10.5 Å². The molecule has 1 atom stereocenters. The number of nitrogens with one attached hydrogen (secondary N) is 3. The maximum absolute atomic E-state index is 11.5. The fraction of sp³-hybridized carbons (Fsp3) is 0.282. The molecule has 0 radical (unpaired) electrons. The van der Waals surface area contributed by atoms with E-state index >= 15 is 0 Å². The highest BCUT2D eigenvalue weighted by Crippen LogP contribution is 2.29. The lowest BCUT2D eigenvalue weighted by molar-refractivity contribution is 0.176. The summed E-state index contributed by atoms with van der Waals surface area (Å²) in [5.74, 6) is 0.000912. The van der Waals surface area contributed by atoms with Crippen molar-refractivity contribution >= 4 is 22.7 Å². The molecule has 0 unspecified atom stereocenters. The highest BCUT2D eigenvalue weighted by molar-refractivity contribution is 5.90. The number of anilines is 1. The van der Waals surface area contributed by atoms with Crippen molar-refractivity contribution in [2.24, 2.45) is 0 Å². The lowest BCUT2D eigenvalue weighted by Crippen LogP contribution is -2.31. The third kappa shape index (κ3) is 9.78. The van der Waals surface area contributed by atoms with E-state index < -0.39 is 12.2 Å². The van der Waals surface area contributed by atoms with Crippen molar-refractivity contribution in [3.8, 4) is 16.9 Å². The Morgan fingerprint density at radius 1 is 0.812 bits per heavy atom. The Bertz CT molecular complexity index is 1820. The molecule has 4 aromatic carbocycles. The third-order valence-corrected chi connectivity index (χ3v) is 8.64. The summed E-state index contributed by atoms with van der Waals surface area (Å²) in [6.07, 6.45) is 4.26. The van der Waals surface area contributed by atoms with Gasteiger partial charge in [0.2, 0.25) is 5.56 Å². The number of para-hydroxylation sites is 1. The van der Waals surface area contributed by atoms with Crippen molar-refractivity contribution in [3.63, 3.8) is 0 Å². The Morgan fingerprint density at radius 2 is 1.50 bits per heavy atom. The molecule has 9 nitrogen and oxygen atoms in total. The average molecular weight is 649 g/mol. The van der Waals surface area contributed by atoms with Crippen molar-refractivity contribution in [2.45, 2.75) is 38.2 Å². The molecule has 6 N–H and O–H groups in total. The van der Waals surface area contributed by atoms with Gasteiger partial charge in [0.25, 0.3) is 0 Å². The number of fused-ring (bicyclic) bond motifs is 1. The van der Waals surface area contributed by atoms with Gasteiger partial charge in [0, 0.05) is 30.1 Å². The number of phenols is 1. The number of aliphatic hydroxyl groups is 1. The molecule has 250 valence electrons. The maximum Gasteiger partial charge on any atom is 0.409 e. The number of carboxylic acid groups (broad SMARTS) is 1. The Morgan fingerprint density at radius 3 is 2.23 bits per heavy atom. The molecular weight excluding hydrogens is 604 g/mol. The van der Waals surface area contributed by atoms with Crippen LogP contribution in [0.25, 0.3) is 22.0 Å². The molecule has 0 saturated carbocycles.